The fraction of sp³-hybridized carbons (Fsp3) is 0.700. The molecule has 3 rings (SSSR count). The van der Waals surface area contributed by atoms with E-state index in [-0.39, 0.29) is 6.03 Å². The third-order valence-electron chi connectivity index (χ3n) is 5.76. The quantitative estimate of drug-likeness (QED) is 0.892. The van der Waals surface area contributed by atoms with Crippen LogP contribution in [0.5, 0.6) is 0 Å². The van der Waals surface area contributed by atoms with Crippen molar-refractivity contribution in [3.8, 4) is 0 Å². The smallest absolute Gasteiger partial charge is 0.317 e. The molecule has 0 bridgehead atoms. The number of pyridine rings is 1. The van der Waals surface area contributed by atoms with E-state index in [2.05, 4.69) is 28.3 Å². The Bertz CT molecular complexity index is 530. The summed E-state index contributed by atoms with van der Waals surface area (Å²) in [6, 6.07) is 6.74. The van der Waals surface area contributed by atoms with E-state index in [1.54, 1.807) is 0 Å². The summed E-state index contributed by atoms with van der Waals surface area (Å²) in [6.45, 7) is 3.47. The second-order valence-corrected chi connectivity index (χ2v) is 7.64. The van der Waals surface area contributed by atoms with Gasteiger partial charge in [-0.15, -0.1) is 0 Å². The van der Waals surface area contributed by atoms with Gasteiger partial charge in [0.15, 0.2) is 0 Å². The molecule has 1 saturated heterocycles. The van der Waals surface area contributed by atoms with Crippen molar-refractivity contribution in [2.24, 2.45) is 5.92 Å². The normalized spacial score (nSPS) is 22.2. The Morgan fingerprint density at radius 2 is 2.04 bits per heavy atom. The van der Waals surface area contributed by atoms with E-state index >= 15 is 0 Å². The molecule has 2 fully saturated rings. The number of likely N-dealkylation sites (tertiary alicyclic amines) is 1. The van der Waals surface area contributed by atoms with Gasteiger partial charge < -0.3 is 10.2 Å². The second kappa shape index (κ2) is 9.18. The number of nitrogens with zero attached hydrogens (tertiary/aromatic N) is 3. The van der Waals surface area contributed by atoms with Crippen LogP contribution in [0.15, 0.2) is 24.4 Å². The van der Waals surface area contributed by atoms with Gasteiger partial charge in [-0.05, 0) is 57.2 Å². The lowest BCUT2D eigenvalue weighted by Crippen LogP contribution is -2.42. The summed E-state index contributed by atoms with van der Waals surface area (Å²) < 4.78 is 0. The summed E-state index contributed by atoms with van der Waals surface area (Å²) >= 11 is 0. The number of urea groups is 1. The van der Waals surface area contributed by atoms with Crippen LogP contribution in [0.2, 0.25) is 0 Å². The molecular formula is C20H32N4O. The molecule has 1 aromatic rings. The molecule has 25 heavy (non-hydrogen) atoms. The molecule has 138 valence electrons. The van der Waals surface area contributed by atoms with Crippen molar-refractivity contribution in [3.05, 3.63) is 30.1 Å². The average Bonchev–Trinajstić information content (AvgIpc) is 3.02. The predicted molar refractivity (Wildman–Crippen MR) is 100 cm³/mol. The van der Waals surface area contributed by atoms with Crippen LogP contribution in [0, 0.1) is 5.92 Å². The van der Waals surface area contributed by atoms with E-state index < -0.39 is 0 Å². The zero-order valence-electron chi connectivity index (χ0n) is 15.5. The van der Waals surface area contributed by atoms with Crippen LogP contribution < -0.4 is 5.32 Å². The lowest BCUT2D eigenvalue weighted by molar-refractivity contribution is 0.190. The van der Waals surface area contributed by atoms with Gasteiger partial charge in [0.05, 0.1) is 5.69 Å². The van der Waals surface area contributed by atoms with Crippen LogP contribution >= 0.6 is 0 Å². The number of carbonyl (C=O) groups excluding carboxylic acids is 1. The fourth-order valence-electron chi connectivity index (χ4n) is 4.16. The van der Waals surface area contributed by atoms with Gasteiger partial charge >= 0.3 is 6.03 Å². The summed E-state index contributed by atoms with van der Waals surface area (Å²) in [7, 11) is 2.18. The van der Waals surface area contributed by atoms with Crippen LogP contribution in [0.25, 0.3) is 0 Å². The Morgan fingerprint density at radius 3 is 2.80 bits per heavy atom. The zero-order chi connectivity index (χ0) is 17.5. The summed E-state index contributed by atoms with van der Waals surface area (Å²) in [4.78, 5) is 21.3. The Labute approximate surface area is 151 Å². The Kier molecular flexibility index (Phi) is 6.68. The van der Waals surface area contributed by atoms with Gasteiger partial charge in [0.1, 0.15) is 0 Å². The number of hydrogen-bond donors (Lipinski definition) is 1. The molecule has 1 atom stereocenters. The molecular weight excluding hydrogens is 312 g/mol. The summed E-state index contributed by atoms with van der Waals surface area (Å²) in [5, 5.41) is 3.17. The van der Waals surface area contributed by atoms with Crippen LogP contribution in [-0.2, 0) is 6.54 Å². The number of aromatic nitrogens is 1. The van der Waals surface area contributed by atoms with Crippen LogP contribution in [0.1, 0.15) is 50.6 Å². The highest BCUT2D eigenvalue weighted by Crippen LogP contribution is 2.24. The van der Waals surface area contributed by atoms with Gasteiger partial charge in [-0.3, -0.25) is 9.88 Å². The number of carbonyl (C=O) groups is 1. The van der Waals surface area contributed by atoms with E-state index in [9.17, 15) is 4.79 Å². The first-order valence-corrected chi connectivity index (χ1v) is 9.85. The number of nitrogens with one attached hydrogen (secondary N) is 1. The van der Waals surface area contributed by atoms with Crippen molar-refractivity contribution in [1.29, 1.82) is 0 Å². The van der Waals surface area contributed by atoms with Gasteiger partial charge in [0, 0.05) is 38.4 Å². The predicted octanol–water partition coefficient (Wildman–Crippen LogP) is 3.27. The molecule has 2 heterocycles. The topological polar surface area (TPSA) is 48.5 Å². The van der Waals surface area contributed by atoms with Crippen molar-refractivity contribution >= 4 is 6.03 Å². The van der Waals surface area contributed by atoms with Crippen LogP contribution in [-0.4, -0.2) is 53.5 Å². The SMILES string of the molecule is CN(Cc1ccccn1)[C@@H]1CCCN(C(=O)NCC2CCCC2)CC1. The molecule has 2 aliphatic rings. The minimum atomic E-state index is 0.139. The highest BCUT2D eigenvalue weighted by atomic mass is 16.2. The maximum atomic E-state index is 12.5. The maximum absolute atomic E-state index is 12.5. The Hall–Kier alpha value is -1.62. The van der Waals surface area contributed by atoms with E-state index in [0.717, 1.165) is 51.1 Å². The third kappa shape index (κ3) is 5.43. The van der Waals surface area contributed by atoms with Crippen molar-refractivity contribution in [3.63, 3.8) is 0 Å². The van der Waals surface area contributed by atoms with Crippen LogP contribution in [0.3, 0.4) is 0 Å². The molecule has 1 aromatic heterocycles. The zero-order valence-corrected chi connectivity index (χ0v) is 15.5. The summed E-state index contributed by atoms with van der Waals surface area (Å²) in [5.41, 5.74) is 1.11. The van der Waals surface area contributed by atoms with Gasteiger partial charge in [-0.2, -0.15) is 0 Å². The molecule has 0 unspecified atom stereocenters. The summed E-state index contributed by atoms with van der Waals surface area (Å²) in [5.74, 6) is 0.702. The van der Waals surface area contributed by atoms with Gasteiger partial charge in [0.25, 0.3) is 0 Å². The van der Waals surface area contributed by atoms with E-state index in [4.69, 9.17) is 0 Å². The molecule has 0 radical (unpaired) electrons. The van der Waals surface area contributed by atoms with Gasteiger partial charge in [0.2, 0.25) is 0 Å². The Morgan fingerprint density at radius 1 is 1.20 bits per heavy atom. The minimum absolute atomic E-state index is 0.139. The van der Waals surface area contributed by atoms with Gasteiger partial charge in [-0.25, -0.2) is 4.79 Å². The lowest BCUT2D eigenvalue weighted by Gasteiger charge is -2.27. The minimum Gasteiger partial charge on any atom is -0.338 e. The molecule has 0 spiro atoms. The van der Waals surface area contributed by atoms with Crippen molar-refractivity contribution in [2.45, 2.75) is 57.5 Å². The molecule has 1 aliphatic carbocycles. The lowest BCUT2D eigenvalue weighted by atomic mass is 10.1. The van der Waals surface area contributed by atoms with Crippen LogP contribution in [0.4, 0.5) is 4.79 Å². The van der Waals surface area contributed by atoms with E-state index in [0.29, 0.717) is 12.0 Å². The second-order valence-electron chi connectivity index (χ2n) is 7.64. The molecule has 0 aromatic carbocycles. The Balaban J connectivity index is 1.43. The number of amides is 2. The molecule has 1 N–H and O–H groups in total. The van der Waals surface area contributed by atoms with E-state index in [1.807, 2.05) is 23.2 Å². The van der Waals surface area contributed by atoms with Crippen molar-refractivity contribution in [1.82, 2.24) is 20.1 Å². The van der Waals surface area contributed by atoms with E-state index in [1.165, 1.54) is 25.7 Å². The third-order valence-corrected chi connectivity index (χ3v) is 5.76. The highest BCUT2D eigenvalue weighted by molar-refractivity contribution is 5.74. The standard InChI is InChI=1S/C20H32N4O/c1-23(16-18-9-4-5-12-21-18)19-10-6-13-24(14-11-19)20(25)22-15-17-7-2-3-8-17/h4-5,9,12,17,19H,2-3,6-8,10-11,13-16H2,1H3,(H,22,25)/t19-/m1/s1. The van der Waals surface area contributed by atoms with Crippen molar-refractivity contribution < 1.29 is 4.79 Å². The van der Waals surface area contributed by atoms with Crippen molar-refractivity contribution in [2.75, 3.05) is 26.7 Å². The fourth-order valence-corrected chi connectivity index (χ4v) is 4.16. The number of rotatable bonds is 5. The monoisotopic (exact) mass is 344 g/mol. The molecule has 5 heteroatoms. The molecule has 5 nitrogen and oxygen atoms in total. The molecule has 1 aliphatic heterocycles. The first-order chi connectivity index (χ1) is 12.2. The average molecular weight is 345 g/mol. The largest absolute Gasteiger partial charge is 0.338 e. The first-order valence-electron chi connectivity index (χ1n) is 9.85. The molecule has 2 amide bonds. The number of hydrogen-bond acceptors (Lipinski definition) is 3. The maximum Gasteiger partial charge on any atom is 0.317 e. The highest BCUT2D eigenvalue weighted by Gasteiger charge is 2.24. The van der Waals surface area contributed by atoms with Gasteiger partial charge in [-0.1, -0.05) is 18.9 Å². The first kappa shape index (κ1) is 18.2. The summed E-state index contributed by atoms with van der Waals surface area (Å²) in [6.07, 6.45) is 10.3. The molecule has 1 saturated carbocycles.